The normalized spacial score (nSPS) is 23.9. The van der Waals surface area contributed by atoms with E-state index in [2.05, 4.69) is 10.6 Å². The third-order valence-corrected chi connectivity index (χ3v) is 12.0. The van der Waals surface area contributed by atoms with Crippen LogP contribution in [0.1, 0.15) is 116 Å². The standard InChI is InChI=1S/C41H52FN5O5S/c1-27(35-21-30(25-53-35)38(43)44)46-40(50)33-22-41-23-36(41)47(33)37(48)24-45-39(49)29-13-18-34(52-32-16-14-31(42)15-17-32)28(20-29)12-10-8-6-4-2-3-5-7-9-11-19-51-26-41/h13-18,20-21,25,27,33,36H,2-12,19,22-24,26H2,1H3,(H3,43,44)(H,45,49)(H,46,50)/t27-,33+,36+,41-/m1/s1. The number of nitrogens with one attached hydrogen (secondary N) is 3. The molecule has 3 heterocycles. The van der Waals surface area contributed by atoms with Crippen LogP contribution >= 0.6 is 11.3 Å². The van der Waals surface area contributed by atoms with Crippen LogP contribution < -0.4 is 21.1 Å². The van der Waals surface area contributed by atoms with Crippen LogP contribution in [0, 0.1) is 16.6 Å². The molecule has 3 amide bonds. The van der Waals surface area contributed by atoms with E-state index in [1.54, 1.807) is 40.6 Å². The predicted molar refractivity (Wildman–Crippen MR) is 204 cm³/mol. The van der Waals surface area contributed by atoms with Crippen LogP contribution in [0.3, 0.4) is 0 Å². The minimum Gasteiger partial charge on any atom is -0.457 e. The third-order valence-electron chi connectivity index (χ3n) is 10.9. The number of fused-ring (bicyclic) bond motifs is 2. The highest BCUT2D eigenvalue weighted by Crippen LogP contribution is 2.59. The van der Waals surface area contributed by atoms with Crippen molar-refractivity contribution in [2.24, 2.45) is 11.1 Å². The lowest BCUT2D eigenvalue weighted by Crippen LogP contribution is -2.51. The number of thiophene rings is 1. The maximum Gasteiger partial charge on any atom is 0.251 e. The number of hydrogen-bond acceptors (Lipinski definition) is 7. The van der Waals surface area contributed by atoms with Gasteiger partial charge in [0.25, 0.3) is 5.91 Å². The molecule has 0 spiro atoms. The molecule has 4 atom stereocenters. The number of rotatable bonds is 6. The summed E-state index contributed by atoms with van der Waals surface area (Å²) in [7, 11) is 0. The number of hydrogen-bond donors (Lipinski definition) is 4. The fourth-order valence-corrected chi connectivity index (χ4v) is 8.64. The number of nitrogens with zero attached hydrogens (tertiary/aromatic N) is 1. The zero-order valence-corrected chi connectivity index (χ0v) is 31.4. The van der Waals surface area contributed by atoms with Crippen molar-refractivity contribution in [2.75, 3.05) is 19.8 Å². The first kappa shape index (κ1) is 38.4. The van der Waals surface area contributed by atoms with Gasteiger partial charge < -0.3 is 30.7 Å². The summed E-state index contributed by atoms with van der Waals surface area (Å²) in [6.07, 6.45) is 13.3. The SMILES string of the molecule is C[C@@H](NC(=O)[C@@H]1C[C@@]23COCCCCCCCCCCCCc4cc(ccc4Oc4ccc(F)cc4)C(=O)NCC(=O)N1[C@H]2C3)c1cc(C(=N)N)cs1. The fraction of sp³-hybridized carbons (Fsp3) is 0.512. The maximum atomic E-state index is 13.9. The van der Waals surface area contributed by atoms with E-state index in [4.69, 9.17) is 20.6 Å². The molecule has 1 aliphatic carbocycles. The van der Waals surface area contributed by atoms with Crippen molar-refractivity contribution in [3.8, 4) is 11.5 Å². The van der Waals surface area contributed by atoms with Crippen molar-refractivity contribution >= 4 is 34.9 Å². The van der Waals surface area contributed by atoms with Crippen LogP contribution in [0.15, 0.2) is 53.9 Å². The quantitative estimate of drug-likeness (QED) is 0.153. The Kier molecular flexibility index (Phi) is 12.8. The molecule has 1 saturated heterocycles. The second-order valence-electron chi connectivity index (χ2n) is 14.9. The molecule has 2 aliphatic heterocycles. The van der Waals surface area contributed by atoms with Crippen LogP contribution in [0.4, 0.5) is 4.39 Å². The van der Waals surface area contributed by atoms with Gasteiger partial charge in [0.05, 0.1) is 19.2 Å². The van der Waals surface area contributed by atoms with E-state index in [9.17, 15) is 18.8 Å². The number of carbonyl (C=O) groups excluding carboxylic acids is 3. The van der Waals surface area contributed by atoms with Gasteiger partial charge in [-0.25, -0.2) is 4.39 Å². The molecule has 12 heteroatoms. The molecule has 6 rings (SSSR count). The topological polar surface area (TPSA) is 147 Å². The lowest BCUT2D eigenvalue weighted by Gasteiger charge is -2.28. The molecule has 0 radical (unpaired) electrons. The molecule has 0 unspecified atom stereocenters. The molecule has 53 heavy (non-hydrogen) atoms. The Balaban J connectivity index is 1.17. The number of carbonyl (C=O) groups is 3. The van der Waals surface area contributed by atoms with Gasteiger partial charge in [-0.05, 0) is 93.1 Å². The van der Waals surface area contributed by atoms with Crippen LogP contribution in [0.25, 0.3) is 0 Å². The van der Waals surface area contributed by atoms with Gasteiger partial charge in [-0.1, -0.05) is 51.4 Å². The Morgan fingerprint density at radius 1 is 1.02 bits per heavy atom. The summed E-state index contributed by atoms with van der Waals surface area (Å²) < 4.78 is 25.9. The molecule has 2 aromatic carbocycles. The van der Waals surface area contributed by atoms with Gasteiger partial charge in [0.1, 0.15) is 29.2 Å². The second kappa shape index (κ2) is 17.7. The minimum atomic E-state index is -0.694. The van der Waals surface area contributed by atoms with E-state index in [-0.39, 0.29) is 53.4 Å². The van der Waals surface area contributed by atoms with Crippen LogP contribution in [0.5, 0.6) is 11.5 Å². The van der Waals surface area contributed by atoms with Crippen LogP contribution in [-0.2, 0) is 20.7 Å². The Hall–Kier alpha value is -4.29. The zero-order valence-electron chi connectivity index (χ0n) is 30.6. The minimum absolute atomic E-state index is 0.0298. The lowest BCUT2D eigenvalue weighted by molar-refractivity contribution is -0.139. The first-order valence-electron chi connectivity index (χ1n) is 19.1. The van der Waals surface area contributed by atoms with Crippen molar-refractivity contribution in [3.05, 3.63) is 81.3 Å². The van der Waals surface area contributed by atoms with Gasteiger partial charge in [0.2, 0.25) is 11.8 Å². The summed E-state index contributed by atoms with van der Waals surface area (Å²) in [5, 5.41) is 15.4. The van der Waals surface area contributed by atoms with Crippen LogP contribution in [0.2, 0.25) is 0 Å². The number of piperidine rings is 1. The first-order chi connectivity index (χ1) is 25.6. The number of nitrogens with two attached hydrogens (primary N) is 1. The number of ether oxygens (including phenoxy) is 2. The highest BCUT2D eigenvalue weighted by Gasteiger charge is 2.67. The van der Waals surface area contributed by atoms with Crippen molar-refractivity contribution in [1.82, 2.24) is 15.5 Å². The molecule has 10 nitrogen and oxygen atoms in total. The van der Waals surface area contributed by atoms with Gasteiger partial charge in [-0.15, -0.1) is 11.3 Å². The smallest absolute Gasteiger partial charge is 0.251 e. The Bertz CT molecular complexity index is 1770. The first-order valence-corrected chi connectivity index (χ1v) is 20.0. The molecule has 5 N–H and O–H groups in total. The van der Waals surface area contributed by atoms with E-state index >= 15 is 0 Å². The van der Waals surface area contributed by atoms with E-state index < -0.39 is 6.04 Å². The number of halogens is 1. The van der Waals surface area contributed by atoms with Gasteiger partial charge in [0, 0.05) is 39.4 Å². The summed E-state index contributed by atoms with van der Waals surface area (Å²) in [6.45, 7) is 2.79. The van der Waals surface area contributed by atoms with Crippen molar-refractivity contribution in [1.29, 1.82) is 5.41 Å². The number of amidine groups is 1. The molecule has 3 aromatic rings. The maximum absolute atomic E-state index is 13.9. The number of amides is 3. The highest BCUT2D eigenvalue weighted by atomic mass is 32.1. The third kappa shape index (κ3) is 9.83. The number of benzene rings is 2. The van der Waals surface area contributed by atoms with E-state index in [1.807, 2.05) is 13.0 Å². The largest absolute Gasteiger partial charge is 0.457 e. The molecule has 284 valence electrons. The zero-order chi connectivity index (χ0) is 37.4. The molecule has 2 fully saturated rings. The lowest BCUT2D eigenvalue weighted by atomic mass is 9.99. The molecule has 4 bridgehead atoms. The molecule has 1 saturated carbocycles. The summed E-state index contributed by atoms with van der Waals surface area (Å²) in [5.41, 5.74) is 7.27. The molecule has 3 aliphatic rings. The van der Waals surface area contributed by atoms with Crippen LogP contribution in [-0.4, -0.2) is 60.3 Å². The summed E-state index contributed by atoms with van der Waals surface area (Å²) >= 11 is 1.42. The predicted octanol–water partition coefficient (Wildman–Crippen LogP) is 7.40. The number of aryl methyl sites for hydroxylation is 1. The summed E-state index contributed by atoms with van der Waals surface area (Å²) in [4.78, 5) is 43.8. The average Bonchev–Trinajstić information content (AvgIpc) is 3.44. The van der Waals surface area contributed by atoms with Gasteiger partial charge in [-0.2, -0.15) is 0 Å². The number of nitrogen functional groups attached to an aromatic ring is 1. The Morgan fingerprint density at radius 3 is 2.42 bits per heavy atom. The van der Waals surface area contributed by atoms with Gasteiger partial charge >= 0.3 is 0 Å². The Morgan fingerprint density at radius 2 is 1.72 bits per heavy atom. The molecular weight excluding hydrogens is 694 g/mol. The Labute approximate surface area is 315 Å². The second-order valence-corrected chi connectivity index (χ2v) is 15.8. The summed E-state index contributed by atoms with van der Waals surface area (Å²) in [6, 6.07) is 11.7. The highest BCUT2D eigenvalue weighted by molar-refractivity contribution is 7.10. The monoisotopic (exact) mass is 745 g/mol. The van der Waals surface area contributed by atoms with E-state index in [0.29, 0.717) is 48.7 Å². The molecular formula is C41H52FN5O5S. The van der Waals surface area contributed by atoms with E-state index in [0.717, 1.165) is 49.0 Å². The van der Waals surface area contributed by atoms with Crippen molar-refractivity contribution in [3.63, 3.8) is 0 Å². The average molecular weight is 746 g/mol. The van der Waals surface area contributed by atoms with E-state index in [1.165, 1.54) is 55.6 Å². The molecule has 1 aromatic heterocycles. The van der Waals surface area contributed by atoms with Crippen molar-refractivity contribution in [2.45, 2.75) is 109 Å². The van der Waals surface area contributed by atoms with Gasteiger partial charge in [-0.3, -0.25) is 19.8 Å². The van der Waals surface area contributed by atoms with Gasteiger partial charge in [0.15, 0.2) is 0 Å². The fourth-order valence-electron chi connectivity index (χ4n) is 7.73. The summed E-state index contributed by atoms with van der Waals surface area (Å²) in [5.74, 6) is -0.208. The van der Waals surface area contributed by atoms with Crippen molar-refractivity contribution < 1.29 is 28.2 Å².